The molecule has 3 atom stereocenters. The highest BCUT2D eigenvalue weighted by Crippen LogP contribution is 2.40. The van der Waals surface area contributed by atoms with Crippen molar-refractivity contribution >= 4 is 50.1 Å². The number of amides is 3. The molecule has 15 nitrogen and oxygen atoms in total. The molecule has 18 heteroatoms. The van der Waals surface area contributed by atoms with E-state index in [4.69, 9.17) is 9.97 Å². The van der Waals surface area contributed by atoms with Gasteiger partial charge in [0.2, 0.25) is 11.8 Å². The molecular formula is C53H65F2N9O6S. The number of alkyl halides is 2. The number of benzene rings is 2. The summed E-state index contributed by atoms with van der Waals surface area (Å²) in [5.74, 6) is -3.41. The van der Waals surface area contributed by atoms with Crippen molar-refractivity contribution in [2.75, 3.05) is 48.3 Å². The Balaban J connectivity index is 0.978. The summed E-state index contributed by atoms with van der Waals surface area (Å²) in [4.78, 5) is 67.0. The van der Waals surface area contributed by atoms with Crippen molar-refractivity contribution in [2.45, 2.75) is 146 Å². The maximum atomic E-state index is 15.8. The van der Waals surface area contributed by atoms with Gasteiger partial charge < -0.3 is 20.4 Å². The Morgan fingerprint density at radius 1 is 0.915 bits per heavy atom. The molecule has 3 amide bonds. The number of rotatable bonds is 10. The predicted octanol–water partition coefficient (Wildman–Crippen LogP) is 7.99. The molecule has 2 aromatic carbocycles. The maximum Gasteiger partial charge on any atom is 0.273 e. The van der Waals surface area contributed by atoms with Gasteiger partial charge in [-0.15, -0.1) is 0 Å². The van der Waals surface area contributed by atoms with Crippen LogP contribution in [-0.2, 0) is 37.3 Å². The summed E-state index contributed by atoms with van der Waals surface area (Å²) in [5.41, 5.74) is 1.61. The van der Waals surface area contributed by atoms with E-state index in [1.54, 1.807) is 40.7 Å². The number of sulfone groups is 1. The number of piperidine rings is 1. The van der Waals surface area contributed by atoms with E-state index in [1.807, 2.05) is 25.1 Å². The summed E-state index contributed by atoms with van der Waals surface area (Å²) in [7, 11) is -3.40. The number of nitriles is 1. The fourth-order valence-electron chi connectivity index (χ4n) is 11.5. The van der Waals surface area contributed by atoms with Crippen molar-refractivity contribution in [1.82, 2.24) is 29.7 Å². The molecule has 0 spiro atoms. The molecule has 2 unspecified atom stereocenters. The zero-order valence-electron chi connectivity index (χ0n) is 40.8. The molecular weight excluding hydrogens is 929 g/mol. The number of unbranched alkanes of at least 4 members (excludes halogenated alkanes) is 3. The summed E-state index contributed by atoms with van der Waals surface area (Å²) < 4.78 is 58.9. The van der Waals surface area contributed by atoms with Crippen LogP contribution in [0.2, 0.25) is 0 Å². The molecule has 10 rings (SSSR count). The van der Waals surface area contributed by atoms with E-state index >= 15 is 13.6 Å². The van der Waals surface area contributed by atoms with Crippen LogP contribution in [0.25, 0.3) is 11.0 Å². The second-order valence-electron chi connectivity index (χ2n) is 20.7. The Morgan fingerprint density at radius 3 is 2.46 bits per heavy atom. The number of hydrogen-bond donors (Lipinski definition) is 3. The first-order chi connectivity index (χ1) is 34.0. The maximum absolute atomic E-state index is 15.8. The summed E-state index contributed by atoms with van der Waals surface area (Å²) in [6, 6.07) is 14.7. The van der Waals surface area contributed by atoms with Gasteiger partial charge in [0.1, 0.15) is 33.2 Å². The lowest BCUT2D eigenvalue weighted by molar-refractivity contribution is -0.136. The number of nitrogens with zero attached hydrogens (tertiary/aromatic N) is 6. The van der Waals surface area contributed by atoms with Gasteiger partial charge in [-0.1, -0.05) is 62.4 Å². The van der Waals surface area contributed by atoms with Gasteiger partial charge in [-0.2, -0.15) is 5.26 Å². The number of carbonyl (C=O) groups excluding carboxylic acids is 3. The van der Waals surface area contributed by atoms with E-state index in [0.29, 0.717) is 78.3 Å². The minimum Gasteiger partial charge on any atom is -0.384 e. The van der Waals surface area contributed by atoms with E-state index in [1.165, 1.54) is 6.07 Å². The molecule has 2 aromatic heterocycles. The van der Waals surface area contributed by atoms with E-state index in [-0.39, 0.29) is 77.6 Å². The molecule has 8 heterocycles. The quantitative estimate of drug-likeness (QED) is 0.102. The first kappa shape index (κ1) is 50.2. The van der Waals surface area contributed by atoms with Gasteiger partial charge >= 0.3 is 0 Å². The molecule has 0 saturated carbocycles. The number of nitrogens with one attached hydrogen (secondary N) is 3. The summed E-state index contributed by atoms with van der Waals surface area (Å²) in [6.07, 6.45) is 7.94. The lowest BCUT2D eigenvalue weighted by atomic mass is 9.77. The van der Waals surface area contributed by atoms with Crippen LogP contribution in [0.15, 0.2) is 53.3 Å². The number of carbonyl (C=O) groups is 3. The van der Waals surface area contributed by atoms with Gasteiger partial charge in [-0.05, 0) is 107 Å². The van der Waals surface area contributed by atoms with Crippen LogP contribution in [0.4, 0.5) is 20.3 Å². The fraction of sp³-hybridized carbons (Fsp3) is 0.566. The highest BCUT2D eigenvalue weighted by atomic mass is 32.2. The summed E-state index contributed by atoms with van der Waals surface area (Å²) in [5, 5.41) is 20.7. The minimum atomic E-state index is -3.40. The highest BCUT2D eigenvalue weighted by molar-refractivity contribution is 7.91. The predicted molar refractivity (Wildman–Crippen MR) is 267 cm³/mol. The molecule has 3 N–H and O–H groups in total. The molecule has 6 aliphatic heterocycles. The van der Waals surface area contributed by atoms with Gasteiger partial charge in [-0.3, -0.25) is 29.1 Å². The lowest BCUT2D eigenvalue weighted by Gasteiger charge is -2.40. The molecule has 4 aromatic rings. The normalized spacial score (nSPS) is 25.3. The standard InChI is InChI=1S/C53H65F2N9O6S/c1-34-37-12-10-14-39(28-37)53(54,55)21-20-36-30-62(31-36)25-9-5-7-16-40(64-48-41(47(58-34)59-35(2)60-48)29-42(50(64)67)52(33-56)22-26-71(69,70)27-23-52)15-6-3-4-8-24-57-43-17-11-13-38-32-63(51(68)46(38)43)44-18-19-45(65)61-49(44)66/h10-14,17,28-29,34,36,40,44,57H,3-9,15-16,18-27,30-32H2,1-2H3,(H,58,59,60)(H,61,65,66)/t34-,40?,44?/m1/s1. The summed E-state index contributed by atoms with van der Waals surface area (Å²) >= 11 is 0. The van der Waals surface area contributed by atoms with Gasteiger partial charge in [-0.25, -0.2) is 27.2 Å². The van der Waals surface area contributed by atoms with Gasteiger partial charge in [0.15, 0.2) is 0 Å². The molecule has 6 aliphatic rings. The molecule has 0 aliphatic carbocycles. The van der Waals surface area contributed by atoms with Gasteiger partial charge in [0.05, 0.1) is 33.9 Å². The zero-order chi connectivity index (χ0) is 50.1. The third-order valence-corrected chi connectivity index (χ3v) is 17.3. The topological polar surface area (TPSA) is 199 Å². The number of imide groups is 1. The van der Waals surface area contributed by atoms with E-state index in [2.05, 4.69) is 26.9 Å². The van der Waals surface area contributed by atoms with Crippen LogP contribution >= 0.6 is 0 Å². The first-order valence-corrected chi connectivity index (χ1v) is 27.4. The average Bonchev–Trinajstić information content (AvgIpc) is 3.66. The Kier molecular flexibility index (Phi) is 14.6. The van der Waals surface area contributed by atoms with Gasteiger partial charge in [0.25, 0.3) is 17.4 Å². The van der Waals surface area contributed by atoms with E-state index < -0.39 is 39.2 Å². The third-order valence-electron chi connectivity index (χ3n) is 15.7. The monoisotopic (exact) mass is 993 g/mol. The number of pyridine rings is 1. The van der Waals surface area contributed by atoms with Crippen molar-refractivity contribution in [3.8, 4) is 6.07 Å². The second kappa shape index (κ2) is 20.7. The van der Waals surface area contributed by atoms with Crippen LogP contribution in [-0.4, -0.2) is 94.2 Å². The number of aryl methyl sites for hydroxylation is 1. The van der Waals surface area contributed by atoms with E-state index in [9.17, 15) is 28.1 Å². The van der Waals surface area contributed by atoms with Crippen molar-refractivity contribution < 1.29 is 31.6 Å². The number of aromatic nitrogens is 3. The molecule has 71 heavy (non-hydrogen) atoms. The van der Waals surface area contributed by atoms with Crippen molar-refractivity contribution in [2.24, 2.45) is 5.92 Å². The van der Waals surface area contributed by atoms with Crippen LogP contribution in [0, 0.1) is 24.2 Å². The zero-order valence-corrected chi connectivity index (χ0v) is 41.6. The highest BCUT2D eigenvalue weighted by Gasteiger charge is 2.43. The van der Waals surface area contributed by atoms with Crippen molar-refractivity contribution in [1.29, 1.82) is 5.26 Å². The molecule has 8 bridgehead atoms. The van der Waals surface area contributed by atoms with Crippen LogP contribution < -0.4 is 21.5 Å². The Labute approximate surface area is 414 Å². The Bertz CT molecular complexity index is 2900. The van der Waals surface area contributed by atoms with Crippen LogP contribution in [0.3, 0.4) is 0 Å². The SMILES string of the molecule is Cc1nc2c3cc(C4(C#N)CCS(=O)(=O)CC4)c(=O)n(c3n1)C(CCCCCCNc1cccc3c1C(=O)N(C1CCC(=O)NC1=O)C3)CCCCCN1CC(CCC(F)(F)c3cccc(c3)[C@@H](C)N2)C1. The van der Waals surface area contributed by atoms with Crippen molar-refractivity contribution in [3.05, 3.63) is 92.5 Å². The van der Waals surface area contributed by atoms with Crippen LogP contribution in [0.1, 0.15) is 154 Å². The number of hydrogen-bond acceptors (Lipinski definition) is 12. The second-order valence-corrected chi connectivity index (χ2v) is 23.0. The summed E-state index contributed by atoms with van der Waals surface area (Å²) in [6.45, 7) is 7.02. The van der Waals surface area contributed by atoms with Crippen molar-refractivity contribution in [3.63, 3.8) is 0 Å². The number of fused-ring (bicyclic) bond motifs is 9. The fourth-order valence-corrected chi connectivity index (χ4v) is 13.0. The largest absolute Gasteiger partial charge is 0.384 e. The molecule has 3 saturated heterocycles. The molecule has 378 valence electrons. The van der Waals surface area contributed by atoms with Gasteiger partial charge in [0, 0.05) is 67.9 Å². The minimum absolute atomic E-state index is 0.0203. The smallest absolute Gasteiger partial charge is 0.273 e. The van der Waals surface area contributed by atoms with Crippen LogP contribution in [0.5, 0.6) is 0 Å². The number of anilines is 2. The Morgan fingerprint density at radius 2 is 1.69 bits per heavy atom. The molecule has 0 radical (unpaired) electrons. The van der Waals surface area contributed by atoms with E-state index in [0.717, 1.165) is 70.1 Å². The third kappa shape index (κ3) is 10.7. The Hall–Kier alpha value is -5.80. The number of halogens is 2. The molecule has 3 fully saturated rings. The average molecular weight is 994 g/mol. The lowest BCUT2D eigenvalue weighted by Crippen LogP contribution is -2.52. The first-order valence-electron chi connectivity index (χ1n) is 25.6.